The largest absolute Gasteiger partial charge is 0.496 e. The maximum atomic E-state index is 12.9. The molecular formula is C28H31N5O5. The van der Waals surface area contributed by atoms with Gasteiger partial charge in [-0.05, 0) is 60.0 Å². The molecule has 0 saturated heterocycles. The number of carboxylic acids is 1. The zero-order valence-corrected chi connectivity index (χ0v) is 21.7. The summed E-state index contributed by atoms with van der Waals surface area (Å²) in [6, 6.07) is 20.2. The number of aryl methyl sites for hydroxylation is 1. The number of anilines is 1. The molecule has 0 aliphatic carbocycles. The van der Waals surface area contributed by atoms with Gasteiger partial charge in [0.1, 0.15) is 23.2 Å². The van der Waals surface area contributed by atoms with E-state index < -0.39 is 12.0 Å². The first-order chi connectivity index (χ1) is 18.1. The number of para-hydroxylation sites is 2. The van der Waals surface area contributed by atoms with Gasteiger partial charge in [0.25, 0.3) is 5.97 Å². The summed E-state index contributed by atoms with van der Waals surface area (Å²) in [5.41, 5.74) is 10.0. The maximum absolute atomic E-state index is 12.9. The fourth-order valence-corrected chi connectivity index (χ4v) is 3.78. The van der Waals surface area contributed by atoms with E-state index in [9.17, 15) is 4.79 Å². The van der Waals surface area contributed by atoms with Crippen LogP contribution in [0.3, 0.4) is 0 Å². The minimum atomic E-state index is -0.833. The normalized spacial score (nSPS) is 11.1. The molecular weight excluding hydrogens is 486 g/mol. The number of benzene rings is 3. The lowest BCUT2D eigenvalue weighted by Crippen LogP contribution is -2.16. The third-order valence-corrected chi connectivity index (χ3v) is 5.54. The van der Waals surface area contributed by atoms with Crippen LogP contribution in [0.4, 0.5) is 5.69 Å². The van der Waals surface area contributed by atoms with Gasteiger partial charge in [0.2, 0.25) is 0 Å². The molecule has 0 aliphatic heterocycles. The smallest absolute Gasteiger partial charge is 0.348 e. The van der Waals surface area contributed by atoms with E-state index >= 15 is 0 Å². The summed E-state index contributed by atoms with van der Waals surface area (Å²) in [5, 5.41) is 15.5. The standard InChI is InChI=1S/C26H27N5O3.C2H4O2/c1-16-15-19(11-14-22(16)33-3)24(28-20-12-9-18(10-13-20)17(2)27)25-29-26(32)31(30-25)21-7-5-6-8-23(21)34-4;1-2(3)4/h5-15,24,28H,2,27H2,1,3-4H3,(H,29,30,32);1H3,(H,3,4). The molecule has 1 aromatic heterocycles. The van der Waals surface area contributed by atoms with Gasteiger partial charge in [0.05, 0.1) is 14.2 Å². The number of aromatic amines is 1. The highest BCUT2D eigenvalue weighted by molar-refractivity contribution is 5.63. The maximum Gasteiger partial charge on any atom is 0.348 e. The highest BCUT2D eigenvalue weighted by Gasteiger charge is 2.22. The van der Waals surface area contributed by atoms with Gasteiger partial charge < -0.3 is 25.6 Å². The van der Waals surface area contributed by atoms with Crippen molar-refractivity contribution in [2.45, 2.75) is 19.9 Å². The molecule has 0 aliphatic rings. The van der Waals surface area contributed by atoms with Crippen LogP contribution in [0, 0.1) is 6.92 Å². The molecule has 0 fully saturated rings. The number of aliphatic carboxylic acids is 1. The molecule has 4 rings (SSSR count). The first-order valence-corrected chi connectivity index (χ1v) is 11.6. The number of hydrogen-bond donors (Lipinski definition) is 4. The van der Waals surface area contributed by atoms with Crippen molar-refractivity contribution in [3.63, 3.8) is 0 Å². The average Bonchev–Trinajstić information content (AvgIpc) is 3.28. The second-order valence-corrected chi connectivity index (χ2v) is 8.33. The van der Waals surface area contributed by atoms with Gasteiger partial charge in [-0.2, -0.15) is 4.68 Å². The Hall–Kier alpha value is -4.99. The van der Waals surface area contributed by atoms with Crippen LogP contribution in [0.15, 0.2) is 78.1 Å². The molecule has 0 saturated carbocycles. The van der Waals surface area contributed by atoms with Crippen LogP contribution < -0.4 is 26.2 Å². The summed E-state index contributed by atoms with van der Waals surface area (Å²) in [4.78, 5) is 24.8. The van der Waals surface area contributed by atoms with Gasteiger partial charge in [0.15, 0.2) is 5.82 Å². The van der Waals surface area contributed by atoms with Gasteiger partial charge in [-0.3, -0.25) is 9.78 Å². The first kappa shape index (κ1) is 27.6. The minimum absolute atomic E-state index is 0.369. The minimum Gasteiger partial charge on any atom is -0.496 e. The monoisotopic (exact) mass is 517 g/mol. The predicted molar refractivity (Wildman–Crippen MR) is 147 cm³/mol. The molecule has 0 bridgehead atoms. The van der Waals surface area contributed by atoms with Gasteiger partial charge >= 0.3 is 5.69 Å². The molecule has 10 heteroatoms. The third-order valence-electron chi connectivity index (χ3n) is 5.54. The average molecular weight is 518 g/mol. The summed E-state index contributed by atoms with van der Waals surface area (Å²) in [6.07, 6.45) is 0. The van der Waals surface area contributed by atoms with Crippen molar-refractivity contribution >= 4 is 17.4 Å². The van der Waals surface area contributed by atoms with Gasteiger partial charge in [-0.25, -0.2) is 4.79 Å². The number of carboxylic acid groups (broad SMARTS) is 1. The number of nitrogens with two attached hydrogens (primary N) is 1. The number of ether oxygens (including phenoxy) is 2. The van der Waals surface area contributed by atoms with Crippen LogP contribution in [0.2, 0.25) is 0 Å². The SMILES string of the molecule is C=C(N)c1ccc(NC(c2ccc(OC)c(C)c2)c2nn(-c3ccccc3OC)c(=O)[nH]2)cc1.CC(=O)O. The zero-order valence-electron chi connectivity index (χ0n) is 21.7. The Morgan fingerprint density at radius 3 is 2.29 bits per heavy atom. The van der Waals surface area contributed by atoms with Gasteiger partial charge in [-0.15, -0.1) is 5.10 Å². The second kappa shape index (κ2) is 12.3. The number of rotatable bonds is 8. The van der Waals surface area contributed by atoms with Crippen LogP contribution in [-0.4, -0.2) is 40.1 Å². The number of nitrogens with one attached hydrogen (secondary N) is 2. The molecule has 0 radical (unpaired) electrons. The first-order valence-electron chi connectivity index (χ1n) is 11.6. The van der Waals surface area contributed by atoms with Crippen molar-refractivity contribution in [3.8, 4) is 17.2 Å². The summed E-state index contributed by atoms with van der Waals surface area (Å²) in [6.45, 7) is 6.83. The van der Waals surface area contributed by atoms with Crippen molar-refractivity contribution in [2.75, 3.05) is 19.5 Å². The third kappa shape index (κ3) is 6.61. The summed E-state index contributed by atoms with van der Waals surface area (Å²) >= 11 is 0. The fraction of sp³-hybridized carbons (Fsp3) is 0.179. The highest BCUT2D eigenvalue weighted by Crippen LogP contribution is 2.29. The van der Waals surface area contributed by atoms with E-state index in [1.54, 1.807) is 26.4 Å². The molecule has 1 unspecified atom stereocenters. The summed E-state index contributed by atoms with van der Waals surface area (Å²) < 4.78 is 12.1. The van der Waals surface area contributed by atoms with E-state index in [0.29, 0.717) is 23.0 Å². The number of carbonyl (C=O) groups is 1. The van der Waals surface area contributed by atoms with Crippen molar-refractivity contribution in [1.29, 1.82) is 0 Å². The Balaban J connectivity index is 0.000000934. The Morgan fingerprint density at radius 1 is 1.08 bits per heavy atom. The van der Waals surface area contributed by atoms with Crippen molar-refractivity contribution in [2.24, 2.45) is 5.73 Å². The topological polar surface area (TPSA) is 144 Å². The molecule has 198 valence electrons. The van der Waals surface area contributed by atoms with E-state index in [4.69, 9.17) is 25.1 Å². The molecule has 1 heterocycles. The zero-order chi connectivity index (χ0) is 27.8. The molecule has 0 spiro atoms. The fourth-order valence-electron chi connectivity index (χ4n) is 3.78. The lowest BCUT2D eigenvalue weighted by Gasteiger charge is -2.19. The number of aromatic nitrogens is 3. The Bertz CT molecular complexity index is 1470. The van der Waals surface area contributed by atoms with E-state index in [1.807, 2.05) is 61.5 Å². The van der Waals surface area contributed by atoms with Gasteiger partial charge in [0, 0.05) is 18.3 Å². The van der Waals surface area contributed by atoms with E-state index in [1.165, 1.54) is 4.68 Å². The lowest BCUT2D eigenvalue weighted by molar-refractivity contribution is -0.134. The van der Waals surface area contributed by atoms with E-state index in [2.05, 4.69) is 22.0 Å². The summed E-state index contributed by atoms with van der Waals surface area (Å²) in [7, 11) is 3.19. The predicted octanol–water partition coefficient (Wildman–Crippen LogP) is 4.11. The Labute approximate surface area is 220 Å². The molecule has 1 atom stereocenters. The number of hydrogen-bond acceptors (Lipinski definition) is 7. The van der Waals surface area contributed by atoms with Crippen molar-refractivity contribution in [1.82, 2.24) is 14.8 Å². The second-order valence-electron chi connectivity index (χ2n) is 8.33. The van der Waals surface area contributed by atoms with Crippen LogP contribution in [0.1, 0.15) is 35.5 Å². The molecule has 5 N–H and O–H groups in total. The Morgan fingerprint density at radius 2 is 1.71 bits per heavy atom. The molecule has 3 aromatic carbocycles. The number of methoxy groups -OCH3 is 2. The Kier molecular flexibility index (Phi) is 8.94. The molecule has 38 heavy (non-hydrogen) atoms. The lowest BCUT2D eigenvalue weighted by atomic mass is 10.0. The van der Waals surface area contributed by atoms with Crippen molar-refractivity contribution in [3.05, 3.63) is 106 Å². The van der Waals surface area contributed by atoms with Crippen LogP contribution in [0.25, 0.3) is 11.4 Å². The summed E-state index contributed by atoms with van der Waals surface area (Å²) in [5.74, 6) is 0.944. The van der Waals surface area contributed by atoms with Crippen LogP contribution >= 0.6 is 0 Å². The highest BCUT2D eigenvalue weighted by atomic mass is 16.5. The molecule has 4 aromatic rings. The number of nitrogens with zero attached hydrogens (tertiary/aromatic N) is 2. The van der Waals surface area contributed by atoms with E-state index in [-0.39, 0.29) is 5.69 Å². The number of H-pyrrole nitrogens is 1. The van der Waals surface area contributed by atoms with Crippen molar-refractivity contribution < 1.29 is 19.4 Å². The van der Waals surface area contributed by atoms with Gasteiger partial charge in [-0.1, -0.05) is 36.9 Å². The molecule has 10 nitrogen and oxygen atoms in total. The quantitative estimate of drug-likeness (QED) is 0.273. The van der Waals surface area contributed by atoms with Crippen LogP contribution in [-0.2, 0) is 4.79 Å². The molecule has 0 amide bonds. The van der Waals surface area contributed by atoms with Crippen LogP contribution in [0.5, 0.6) is 11.5 Å². The van der Waals surface area contributed by atoms with E-state index in [0.717, 1.165) is 35.1 Å².